The van der Waals surface area contributed by atoms with Crippen LogP contribution in [0.2, 0.25) is 0 Å². The van der Waals surface area contributed by atoms with Crippen LogP contribution in [0.4, 0.5) is 0 Å². The van der Waals surface area contributed by atoms with Crippen molar-refractivity contribution in [1.29, 1.82) is 0 Å². The number of nitrogens with one attached hydrogen (secondary N) is 2. The van der Waals surface area contributed by atoms with E-state index in [4.69, 9.17) is 4.99 Å². The van der Waals surface area contributed by atoms with Gasteiger partial charge in [0.2, 0.25) is 5.91 Å². The quantitative estimate of drug-likeness (QED) is 0.241. The number of amides is 1. The molecule has 0 spiro atoms. The zero-order valence-electron chi connectivity index (χ0n) is 17.0. The van der Waals surface area contributed by atoms with Crippen molar-refractivity contribution in [3.8, 4) is 0 Å². The summed E-state index contributed by atoms with van der Waals surface area (Å²) in [5.74, 6) is 1.88. The van der Waals surface area contributed by atoms with E-state index in [0.29, 0.717) is 19.5 Å². The predicted octanol–water partition coefficient (Wildman–Crippen LogP) is 3.92. The van der Waals surface area contributed by atoms with E-state index >= 15 is 0 Å². The van der Waals surface area contributed by atoms with Crippen molar-refractivity contribution in [3.05, 3.63) is 35.4 Å². The number of halogens is 1. The third kappa shape index (κ3) is 8.95. The molecule has 0 radical (unpaired) electrons. The average Bonchev–Trinajstić information content (AvgIpc) is 3.01. The van der Waals surface area contributed by atoms with E-state index in [9.17, 15) is 4.79 Å². The summed E-state index contributed by atoms with van der Waals surface area (Å²) in [5, 5.41) is 6.72. The van der Waals surface area contributed by atoms with Gasteiger partial charge < -0.3 is 15.5 Å². The van der Waals surface area contributed by atoms with Crippen LogP contribution >= 0.6 is 24.0 Å². The van der Waals surface area contributed by atoms with Gasteiger partial charge in [-0.3, -0.25) is 4.79 Å². The molecule has 1 saturated heterocycles. The number of carbonyl (C=O) groups is 1. The Kier molecular flexibility index (Phi) is 11.4. The van der Waals surface area contributed by atoms with Crippen molar-refractivity contribution in [2.45, 2.75) is 59.5 Å². The fourth-order valence-electron chi connectivity index (χ4n) is 3.15. The van der Waals surface area contributed by atoms with E-state index in [-0.39, 0.29) is 29.9 Å². The first-order valence-electron chi connectivity index (χ1n) is 9.96. The summed E-state index contributed by atoms with van der Waals surface area (Å²) in [4.78, 5) is 18.5. The fourth-order valence-corrected chi connectivity index (χ4v) is 3.15. The first-order valence-corrected chi connectivity index (χ1v) is 9.96. The highest BCUT2D eigenvalue weighted by Crippen LogP contribution is 2.15. The smallest absolute Gasteiger partial charge is 0.222 e. The Hall–Kier alpha value is -1.31. The largest absolute Gasteiger partial charge is 0.357 e. The lowest BCUT2D eigenvalue weighted by Crippen LogP contribution is -2.37. The highest BCUT2D eigenvalue weighted by atomic mass is 127. The molecule has 1 aliphatic heterocycles. The van der Waals surface area contributed by atoms with Gasteiger partial charge in [0, 0.05) is 32.6 Å². The molecule has 27 heavy (non-hydrogen) atoms. The Labute approximate surface area is 181 Å². The highest BCUT2D eigenvalue weighted by Gasteiger charge is 2.19. The molecule has 2 N–H and O–H groups in total. The van der Waals surface area contributed by atoms with Crippen LogP contribution in [0.25, 0.3) is 0 Å². The van der Waals surface area contributed by atoms with Gasteiger partial charge in [-0.15, -0.1) is 24.0 Å². The molecule has 1 aliphatic rings. The number of hydrogen-bond donors (Lipinski definition) is 2. The molecule has 152 valence electrons. The summed E-state index contributed by atoms with van der Waals surface area (Å²) in [6.07, 6.45) is 4.06. The maximum Gasteiger partial charge on any atom is 0.222 e. The van der Waals surface area contributed by atoms with Crippen molar-refractivity contribution < 1.29 is 4.79 Å². The number of guanidine groups is 1. The van der Waals surface area contributed by atoms with Gasteiger partial charge in [0.15, 0.2) is 5.96 Å². The molecule has 1 heterocycles. The van der Waals surface area contributed by atoms with Crippen LogP contribution in [0.3, 0.4) is 0 Å². The minimum atomic E-state index is 0. The van der Waals surface area contributed by atoms with Crippen LogP contribution in [0.1, 0.15) is 57.6 Å². The van der Waals surface area contributed by atoms with Crippen LogP contribution in [-0.4, -0.2) is 36.4 Å². The summed E-state index contributed by atoms with van der Waals surface area (Å²) in [6, 6.07) is 8.41. The topological polar surface area (TPSA) is 56.7 Å². The van der Waals surface area contributed by atoms with Gasteiger partial charge in [0.1, 0.15) is 0 Å². The molecule has 0 aromatic heterocycles. The van der Waals surface area contributed by atoms with Crippen LogP contribution < -0.4 is 10.6 Å². The second-order valence-corrected chi connectivity index (χ2v) is 7.40. The van der Waals surface area contributed by atoms with E-state index in [2.05, 4.69) is 55.7 Å². The zero-order chi connectivity index (χ0) is 18.8. The Bertz CT molecular complexity index is 604. The highest BCUT2D eigenvalue weighted by molar-refractivity contribution is 14.0. The van der Waals surface area contributed by atoms with Gasteiger partial charge in [-0.1, -0.05) is 38.1 Å². The van der Waals surface area contributed by atoms with Crippen LogP contribution in [0.5, 0.6) is 0 Å². The second kappa shape index (κ2) is 13.0. The molecule has 1 fully saturated rings. The summed E-state index contributed by atoms with van der Waals surface area (Å²) >= 11 is 0. The van der Waals surface area contributed by atoms with Crippen LogP contribution in [-0.2, 0) is 17.9 Å². The monoisotopic (exact) mass is 486 g/mol. The van der Waals surface area contributed by atoms with Gasteiger partial charge in [-0.25, -0.2) is 4.99 Å². The molecule has 0 atom stereocenters. The number of aliphatic imine (C=N–C) groups is 1. The Morgan fingerprint density at radius 2 is 2.04 bits per heavy atom. The molecule has 1 amide bonds. The Balaban J connectivity index is 0.00000364. The van der Waals surface area contributed by atoms with Gasteiger partial charge in [-0.2, -0.15) is 0 Å². The standard InChI is InChI=1S/C21H34N4O.HI/c1-4-22-21(23-12-6-8-17(2)3)24-15-18-9-5-10-19(14-18)16-25-13-7-11-20(25)26;/h5,9-10,14,17H,4,6-8,11-13,15-16H2,1-3H3,(H2,22,23,24);1H. The van der Waals surface area contributed by atoms with Gasteiger partial charge in [-0.05, 0) is 43.2 Å². The minimum Gasteiger partial charge on any atom is -0.357 e. The van der Waals surface area contributed by atoms with Crippen molar-refractivity contribution in [2.75, 3.05) is 19.6 Å². The predicted molar refractivity (Wildman–Crippen MR) is 123 cm³/mol. The summed E-state index contributed by atoms with van der Waals surface area (Å²) in [7, 11) is 0. The summed E-state index contributed by atoms with van der Waals surface area (Å²) < 4.78 is 0. The van der Waals surface area contributed by atoms with Crippen molar-refractivity contribution in [2.24, 2.45) is 10.9 Å². The maximum atomic E-state index is 11.8. The molecule has 6 heteroatoms. The summed E-state index contributed by atoms with van der Waals surface area (Å²) in [5.41, 5.74) is 2.36. The molecule has 0 aliphatic carbocycles. The number of likely N-dealkylation sites (tertiary alicyclic amines) is 1. The molecule has 0 unspecified atom stereocenters. The molecule has 1 aromatic rings. The van der Waals surface area contributed by atoms with Gasteiger partial charge in [0.25, 0.3) is 0 Å². The van der Waals surface area contributed by atoms with Crippen LogP contribution in [0, 0.1) is 5.92 Å². The number of nitrogens with zero attached hydrogens (tertiary/aromatic N) is 2. The average molecular weight is 486 g/mol. The fraction of sp³-hybridized carbons (Fsp3) is 0.619. The molecular weight excluding hydrogens is 451 g/mol. The first-order chi connectivity index (χ1) is 12.6. The lowest BCUT2D eigenvalue weighted by Gasteiger charge is -2.16. The third-order valence-electron chi connectivity index (χ3n) is 4.55. The molecule has 0 bridgehead atoms. The molecule has 1 aromatic carbocycles. The van der Waals surface area contributed by atoms with Crippen LogP contribution in [0.15, 0.2) is 29.3 Å². The molecule has 2 rings (SSSR count). The number of rotatable bonds is 9. The van der Waals surface area contributed by atoms with Gasteiger partial charge >= 0.3 is 0 Å². The lowest BCUT2D eigenvalue weighted by atomic mass is 10.1. The Morgan fingerprint density at radius 1 is 1.26 bits per heavy atom. The molecule has 0 saturated carbocycles. The third-order valence-corrected chi connectivity index (χ3v) is 4.55. The van der Waals surface area contributed by atoms with Crippen molar-refractivity contribution in [1.82, 2.24) is 15.5 Å². The van der Waals surface area contributed by atoms with E-state index in [1.165, 1.54) is 17.5 Å². The molecule has 5 nitrogen and oxygen atoms in total. The summed E-state index contributed by atoms with van der Waals surface area (Å²) in [6.45, 7) is 10.6. The SMILES string of the molecule is CCNC(=NCc1cccc(CN2CCCC2=O)c1)NCCCC(C)C.I. The van der Waals surface area contributed by atoms with E-state index < -0.39 is 0 Å². The van der Waals surface area contributed by atoms with E-state index in [1.807, 2.05) is 4.90 Å². The number of benzene rings is 1. The lowest BCUT2D eigenvalue weighted by molar-refractivity contribution is -0.128. The van der Waals surface area contributed by atoms with Crippen molar-refractivity contribution in [3.63, 3.8) is 0 Å². The van der Waals surface area contributed by atoms with Gasteiger partial charge in [0.05, 0.1) is 6.54 Å². The first kappa shape index (κ1) is 23.7. The number of hydrogen-bond acceptors (Lipinski definition) is 2. The Morgan fingerprint density at radius 3 is 2.70 bits per heavy atom. The molecular formula is C21H35IN4O. The maximum absolute atomic E-state index is 11.8. The number of carbonyl (C=O) groups excluding carboxylic acids is 1. The van der Waals surface area contributed by atoms with E-state index in [0.717, 1.165) is 44.4 Å². The van der Waals surface area contributed by atoms with Crippen molar-refractivity contribution >= 4 is 35.8 Å². The minimum absolute atomic E-state index is 0. The zero-order valence-corrected chi connectivity index (χ0v) is 19.3. The second-order valence-electron chi connectivity index (χ2n) is 7.40. The normalized spacial score (nSPS) is 14.4. The van der Waals surface area contributed by atoms with E-state index in [1.54, 1.807) is 0 Å².